The molecule has 2 aromatic rings. The van der Waals surface area contributed by atoms with Crippen LogP contribution in [0.4, 0.5) is 0 Å². The van der Waals surface area contributed by atoms with Gasteiger partial charge in [-0.1, -0.05) is 48.5 Å². The maximum atomic E-state index is 11.9. The molecule has 0 saturated heterocycles. The topological polar surface area (TPSA) is 38.3 Å². The number of hydrogen-bond acceptors (Lipinski definition) is 2. The lowest BCUT2D eigenvalue weighted by Crippen LogP contribution is -2.25. The summed E-state index contributed by atoms with van der Waals surface area (Å²) >= 11 is 0. The minimum Gasteiger partial charge on any atom is -0.496 e. The molecule has 0 aliphatic carbocycles. The first-order valence-corrected chi connectivity index (χ1v) is 7.72. The fourth-order valence-corrected chi connectivity index (χ4v) is 2.41. The lowest BCUT2D eigenvalue weighted by atomic mass is 10.1. The highest BCUT2D eigenvalue weighted by Crippen LogP contribution is 2.18. The van der Waals surface area contributed by atoms with E-state index in [0.717, 1.165) is 30.7 Å². The lowest BCUT2D eigenvalue weighted by molar-refractivity contribution is -0.121. The highest BCUT2D eigenvalue weighted by molar-refractivity contribution is 5.76. The van der Waals surface area contributed by atoms with Crippen molar-refractivity contribution >= 4 is 5.91 Å². The summed E-state index contributed by atoms with van der Waals surface area (Å²) in [6, 6.07) is 18.2. The molecular weight excluding hydrogens is 274 g/mol. The van der Waals surface area contributed by atoms with E-state index < -0.39 is 0 Å². The van der Waals surface area contributed by atoms with Crippen molar-refractivity contribution in [3.05, 3.63) is 65.7 Å². The van der Waals surface area contributed by atoms with Crippen LogP contribution in [0.1, 0.15) is 24.0 Å². The zero-order valence-corrected chi connectivity index (χ0v) is 13.0. The zero-order chi connectivity index (χ0) is 15.6. The second kappa shape index (κ2) is 8.88. The van der Waals surface area contributed by atoms with Gasteiger partial charge in [0.25, 0.3) is 0 Å². The van der Waals surface area contributed by atoms with Crippen LogP contribution in [0.2, 0.25) is 0 Å². The van der Waals surface area contributed by atoms with E-state index in [4.69, 9.17) is 4.74 Å². The van der Waals surface area contributed by atoms with E-state index in [1.54, 1.807) is 7.11 Å². The Morgan fingerprint density at radius 2 is 1.73 bits per heavy atom. The van der Waals surface area contributed by atoms with Gasteiger partial charge in [0.05, 0.1) is 7.11 Å². The Morgan fingerprint density at radius 3 is 2.50 bits per heavy atom. The van der Waals surface area contributed by atoms with Crippen LogP contribution in [0.5, 0.6) is 5.75 Å². The third-order valence-electron chi connectivity index (χ3n) is 3.62. The molecule has 1 amide bonds. The van der Waals surface area contributed by atoms with E-state index in [-0.39, 0.29) is 5.91 Å². The highest BCUT2D eigenvalue weighted by atomic mass is 16.5. The number of ether oxygens (including phenoxy) is 1. The average Bonchev–Trinajstić information content (AvgIpc) is 2.58. The minimum absolute atomic E-state index is 0.0963. The third-order valence-corrected chi connectivity index (χ3v) is 3.62. The predicted octanol–water partition coefficient (Wildman–Crippen LogP) is 3.38. The van der Waals surface area contributed by atoms with Crippen molar-refractivity contribution in [1.29, 1.82) is 0 Å². The molecule has 0 aliphatic rings. The van der Waals surface area contributed by atoms with Gasteiger partial charge < -0.3 is 10.1 Å². The number of carbonyl (C=O) groups excluding carboxylic acids is 1. The fraction of sp³-hybridized carbons (Fsp3) is 0.316. The van der Waals surface area contributed by atoms with Gasteiger partial charge in [-0.2, -0.15) is 0 Å². The van der Waals surface area contributed by atoms with Crippen LogP contribution in [0.3, 0.4) is 0 Å². The Morgan fingerprint density at radius 1 is 1.00 bits per heavy atom. The molecule has 0 bridgehead atoms. The second-order valence-corrected chi connectivity index (χ2v) is 5.25. The predicted molar refractivity (Wildman–Crippen MR) is 89.1 cm³/mol. The number of para-hydroxylation sites is 1. The largest absolute Gasteiger partial charge is 0.496 e. The normalized spacial score (nSPS) is 10.2. The first-order chi connectivity index (χ1) is 10.8. The molecule has 0 aliphatic heterocycles. The first kappa shape index (κ1) is 16.1. The summed E-state index contributed by atoms with van der Waals surface area (Å²) in [5, 5.41) is 2.98. The number of rotatable bonds is 8. The number of hydrogen-bond donors (Lipinski definition) is 1. The summed E-state index contributed by atoms with van der Waals surface area (Å²) in [4.78, 5) is 11.9. The van der Waals surface area contributed by atoms with Crippen molar-refractivity contribution in [3.63, 3.8) is 0 Å². The Bertz CT molecular complexity index is 581. The van der Waals surface area contributed by atoms with Crippen molar-refractivity contribution in [2.45, 2.75) is 25.7 Å². The van der Waals surface area contributed by atoms with Crippen molar-refractivity contribution in [1.82, 2.24) is 5.32 Å². The quantitative estimate of drug-likeness (QED) is 0.759. The summed E-state index contributed by atoms with van der Waals surface area (Å²) in [6.45, 7) is 0.722. The number of carbonyl (C=O) groups is 1. The van der Waals surface area contributed by atoms with E-state index in [9.17, 15) is 4.79 Å². The van der Waals surface area contributed by atoms with Crippen LogP contribution in [-0.4, -0.2) is 19.6 Å². The highest BCUT2D eigenvalue weighted by Gasteiger charge is 2.05. The van der Waals surface area contributed by atoms with Gasteiger partial charge >= 0.3 is 0 Å². The maximum Gasteiger partial charge on any atom is 0.220 e. The monoisotopic (exact) mass is 297 g/mol. The van der Waals surface area contributed by atoms with E-state index in [0.29, 0.717) is 12.8 Å². The second-order valence-electron chi connectivity index (χ2n) is 5.25. The SMILES string of the molecule is COc1ccccc1CCC(=O)NCCCc1ccccc1. The van der Waals surface area contributed by atoms with Crippen LogP contribution >= 0.6 is 0 Å². The summed E-state index contributed by atoms with van der Waals surface area (Å²) in [7, 11) is 1.66. The van der Waals surface area contributed by atoms with Gasteiger partial charge in [0, 0.05) is 13.0 Å². The molecule has 0 saturated carbocycles. The molecule has 22 heavy (non-hydrogen) atoms. The third kappa shape index (κ3) is 5.24. The molecule has 116 valence electrons. The Labute approximate surface area is 132 Å². The number of methoxy groups -OCH3 is 1. The van der Waals surface area contributed by atoms with Gasteiger partial charge in [0.2, 0.25) is 5.91 Å². The van der Waals surface area contributed by atoms with Crippen molar-refractivity contribution in [2.24, 2.45) is 0 Å². The standard InChI is InChI=1S/C19H23NO2/c1-22-18-12-6-5-11-17(18)13-14-19(21)20-15-7-10-16-8-3-2-4-9-16/h2-6,8-9,11-12H,7,10,13-15H2,1H3,(H,20,21). The summed E-state index contributed by atoms with van der Waals surface area (Å²) in [5.74, 6) is 0.943. The number of aryl methyl sites for hydroxylation is 2. The van der Waals surface area contributed by atoms with Crippen LogP contribution in [0, 0.1) is 0 Å². The van der Waals surface area contributed by atoms with Gasteiger partial charge in [-0.15, -0.1) is 0 Å². The Kier molecular flexibility index (Phi) is 6.49. The average molecular weight is 297 g/mol. The molecule has 3 heteroatoms. The van der Waals surface area contributed by atoms with Gasteiger partial charge in [0.1, 0.15) is 5.75 Å². The van der Waals surface area contributed by atoms with Crippen LogP contribution in [-0.2, 0) is 17.6 Å². The maximum absolute atomic E-state index is 11.9. The van der Waals surface area contributed by atoms with Gasteiger partial charge in [-0.05, 0) is 36.5 Å². The van der Waals surface area contributed by atoms with Gasteiger partial charge in [-0.3, -0.25) is 4.79 Å². The van der Waals surface area contributed by atoms with Crippen molar-refractivity contribution < 1.29 is 9.53 Å². The van der Waals surface area contributed by atoms with E-state index in [1.165, 1.54) is 5.56 Å². The molecule has 0 aromatic heterocycles. The zero-order valence-electron chi connectivity index (χ0n) is 13.0. The summed E-state index contributed by atoms with van der Waals surface area (Å²) in [6.07, 6.45) is 3.15. The molecule has 0 atom stereocenters. The van der Waals surface area contributed by atoms with E-state index in [1.807, 2.05) is 42.5 Å². The van der Waals surface area contributed by atoms with Crippen LogP contribution < -0.4 is 10.1 Å². The Hall–Kier alpha value is -2.29. The molecule has 0 radical (unpaired) electrons. The van der Waals surface area contributed by atoms with Crippen molar-refractivity contribution in [3.8, 4) is 5.75 Å². The van der Waals surface area contributed by atoms with Crippen LogP contribution in [0.15, 0.2) is 54.6 Å². The molecule has 2 rings (SSSR count). The molecule has 0 fully saturated rings. The lowest BCUT2D eigenvalue weighted by Gasteiger charge is -2.08. The Balaban J connectivity index is 1.66. The van der Waals surface area contributed by atoms with E-state index >= 15 is 0 Å². The molecule has 2 aromatic carbocycles. The van der Waals surface area contributed by atoms with Gasteiger partial charge in [0.15, 0.2) is 0 Å². The number of amides is 1. The summed E-state index contributed by atoms with van der Waals surface area (Å²) in [5.41, 5.74) is 2.38. The van der Waals surface area contributed by atoms with Gasteiger partial charge in [-0.25, -0.2) is 0 Å². The van der Waals surface area contributed by atoms with Crippen LogP contribution in [0.25, 0.3) is 0 Å². The summed E-state index contributed by atoms with van der Waals surface area (Å²) < 4.78 is 5.29. The molecular formula is C19H23NO2. The molecule has 1 N–H and O–H groups in total. The molecule has 3 nitrogen and oxygen atoms in total. The van der Waals surface area contributed by atoms with Crippen molar-refractivity contribution in [2.75, 3.05) is 13.7 Å². The number of benzene rings is 2. The smallest absolute Gasteiger partial charge is 0.220 e. The molecule has 0 unspecified atom stereocenters. The minimum atomic E-state index is 0.0963. The first-order valence-electron chi connectivity index (χ1n) is 7.72. The molecule has 0 heterocycles. The fourth-order valence-electron chi connectivity index (χ4n) is 2.41. The molecule has 0 spiro atoms. The van der Waals surface area contributed by atoms with E-state index in [2.05, 4.69) is 17.4 Å². The number of nitrogens with one attached hydrogen (secondary N) is 1.